The molecule has 106 valence electrons. The average molecular weight is 300 g/mol. The van der Waals surface area contributed by atoms with Gasteiger partial charge in [0.15, 0.2) is 0 Å². The number of aromatic nitrogens is 3. The third-order valence-electron chi connectivity index (χ3n) is 3.29. The van der Waals surface area contributed by atoms with Crippen LogP contribution in [-0.2, 0) is 6.42 Å². The molecule has 2 aromatic heterocycles. The van der Waals surface area contributed by atoms with Gasteiger partial charge >= 0.3 is 0 Å². The molecule has 2 heterocycles. The number of hydrogen-bond donors (Lipinski definition) is 0. The van der Waals surface area contributed by atoms with Crippen LogP contribution in [0.15, 0.2) is 47.5 Å². The van der Waals surface area contributed by atoms with Crippen molar-refractivity contribution >= 4 is 22.5 Å². The van der Waals surface area contributed by atoms with Gasteiger partial charge in [-0.2, -0.15) is 0 Å². The van der Waals surface area contributed by atoms with E-state index in [1.165, 1.54) is 0 Å². The van der Waals surface area contributed by atoms with Crippen LogP contribution in [0.4, 0.5) is 0 Å². The molecule has 0 saturated carbocycles. The van der Waals surface area contributed by atoms with E-state index in [2.05, 4.69) is 16.9 Å². The monoisotopic (exact) mass is 299 g/mol. The van der Waals surface area contributed by atoms with Crippen LogP contribution in [-0.4, -0.2) is 14.5 Å². The van der Waals surface area contributed by atoms with E-state index in [4.69, 9.17) is 11.6 Å². The minimum absolute atomic E-state index is 0.151. The molecule has 0 fully saturated rings. The van der Waals surface area contributed by atoms with Gasteiger partial charge in [0.25, 0.3) is 5.56 Å². The maximum atomic E-state index is 12.9. The molecule has 0 N–H and O–H groups in total. The Balaban J connectivity index is 2.41. The highest BCUT2D eigenvalue weighted by Gasteiger charge is 2.14. The Morgan fingerprint density at radius 2 is 2.10 bits per heavy atom. The third-order valence-corrected chi connectivity index (χ3v) is 3.61. The number of benzene rings is 1. The van der Waals surface area contributed by atoms with Crippen molar-refractivity contribution in [3.63, 3.8) is 0 Å². The molecule has 0 unspecified atom stereocenters. The van der Waals surface area contributed by atoms with Crippen LogP contribution < -0.4 is 5.56 Å². The fourth-order valence-electron chi connectivity index (χ4n) is 2.38. The first-order valence-corrected chi connectivity index (χ1v) is 7.20. The molecule has 0 bridgehead atoms. The lowest BCUT2D eigenvalue weighted by atomic mass is 10.2. The molecule has 0 aliphatic carbocycles. The second-order valence-electron chi connectivity index (χ2n) is 4.76. The molecular formula is C16H14ClN3O. The fraction of sp³-hybridized carbons (Fsp3) is 0.188. The minimum Gasteiger partial charge on any atom is -0.268 e. The predicted octanol–water partition coefficient (Wildman–Crippen LogP) is 3.39. The second kappa shape index (κ2) is 5.66. The van der Waals surface area contributed by atoms with Crippen molar-refractivity contribution in [1.82, 2.24) is 14.5 Å². The van der Waals surface area contributed by atoms with Crippen LogP contribution in [0.2, 0.25) is 5.02 Å². The summed E-state index contributed by atoms with van der Waals surface area (Å²) in [5.41, 5.74) is 1.19. The number of fused-ring (bicyclic) bond motifs is 1. The zero-order chi connectivity index (χ0) is 14.8. The fourth-order valence-corrected chi connectivity index (χ4v) is 2.63. The maximum Gasteiger partial charge on any atom is 0.267 e. The first-order chi connectivity index (χ1) is 10.2. The molecule has 0 spiro atoms. The largest absolute Gasteiger partial charge is 0.268 e. The Morgan fingerprint density at radius 3 is 2.81 bits per heavy atom. The van der Waals surface area contributed by atoms with Gasteiger partial charge in [0.2, 0.25) is 0 Å². The molecular weight excluding hydrogens is 286 g/mol. The van der Waals surface area contributed by atoms with Gasteiger partial charge in [-0.25, -0.2) is 4.98 Å². The van der Waals surface area contributed by atoms with Crippen molar-refractivity contribution in [2.24, 2.45) is 0 Å². The lowest BCUT2D eigenvalue weighted by Gasteiger charge is -2.13. The molecule has 5 heteroatoms. The summed E-state index contributed by atoms with van der Waals surface area (Å²) in [4.78, 5) is 21.6. The van der Waals surface area contributed by atoms with E-state index in [0.29, 0.717) is 28.0 Å². The highest BCUT2D eigenvalue weighted by molar-refractivity contribution is 6.35. The summed E-state index contributed by atoms with van der Waals surface area (Å²) in [5, 5.41) is 0.869. The molecule has 3 aromatic rings. The van der Waals surface area contributed by atoms with Gasteiger partial charge in [0.05, 0.1) is 27.8 Å². The smallest absolute Gasteiger partial charge is 0.267 e. The third kappa shape index (κ3) is 2.43. The summed E-state index contributed by atoms with van der Waals surface area (Å²) in [5.74, 6) is 0.727. The summed E-state index contributed by atoms with van der Waals surface area (Å²) in [7, 11) is 0. The first kappa shape index (κ1) is 13.8. The van der Waals surface area contributed by atoms with Crippen molar-refractivity contribution in [2.45, 2.75) is 19.8 Å². The average Bonchev–Trinajstić information content (AvgIpc) is 2.48. The van der Waals surface area contributed by atoms with Gasteiger partial charge in [-0.15, -0.1) is 0 Å². The van der Waals surface area contributed by atoms with Crippen LogP contribution >= 0.6 is 11.6 Å². The molecule has 0 atom stereocenters. The summed E-state index contributed by atoms with van der Waals surface area (Å²) < 4.78 is 1.60. The van der Waals surface area contributed by atoms with Crippen LogP contribution in [0.3, 0.4) is 0 Å². The van der Waals surface area contributed by atoms with Gasteiger partial charge in [0.1, 0.15) is 5.82 Å². The topological polar surface area (TPSA) is 47.8 Å². The zero-order valence-electron chi connectivity index (χ0n) is 11.6. The maximum absolute atomic E-state index is 12.9. The van der Waals surface area contributed by atoms with Crippen molar-refractivity contribution < 1.29 is 0 Å². The van der Waals surface area contributed by atoms with Gasteiger partial charge in [-0.1, -0.05) is 24.6 Å². The minimum atomic E-state index is -0.151. The molecule has 4 nitrogen and oxygen atoms in total. The van der Waals surface area contributed by atoms with Crippen molar-refractivity contribution in [3.05, 3.63) is 63.9 Å². The van der Waals surface area contributed by atoms with Crippen LogP contribution in [0, 0.1) is 0 Å². The molecule has 0 amide bonds. The van der Waals surface area contributed by atoms with Crippen LogP contribution in [0.1, 0.15) is 19.2 Å². The second-order valence-corrected chi connectivity index (χ2v) is 5.17. The molecule has 0 saturated heterocycles. The summed E-state index contributed by atoms with van der Waals surface area (Å²) >= 11 is 6.18. The van der Waals surface area contributed by atoms with Crippen molar-refractivity contribution in [3.8, 4) is 5.69 Å². The predicted molar refractivity (Wildman–Crippen MR) is 84.1 cm³/mol. The molecule has 0 radical (unpaired) electrons. The van der Waals surface area contributed by atoms with E-state index in [1.54, 1.807) is 35.2 Å². The van der Waals surface area contributed by atoms with Gasteiger partial charge in [0, 0.05) is 12.6 Å². The van der Waals surface area contributed by atoms with Gasteiger partial charge in [-0.05, 0) is 30.7 Å². The number of hydrogen-bond acceptors (Lipinski definition) is 3. The van der Waals surface area contributed by atoms with Crippen LogP contribution in [0.25, 0.3) is 16.6 Å². The normalized spacial score (nSPS) is 11.0. The number of rotatable bonds is 3. The quantitative estimate of drug-likeness (QED) is 0.745. The number of nitrogens with zero attached hydrogens (tertiary/aromatic N) is 3. The van der Waals surface area contributed by atoms with Gasteiger partial charge in [-0.3, -0.25) is 14.3 Å². The Bertz CT molecular complexity index is 843. The SMILES string of the molecule is CCCc1nc2cccc(Cl)c2c(=O)n1-c1cccnc1. The molecule has 3 rings (SSSR count). The first-order valence-electron chi connectivity index (χ1n) is 6.83. The number of pyridine rings is 1. The summed E-state index contributed by atoms with van der Waals surface area (Å²) in [6, 6.07) is 8.98. The summed E-state index contributed by atoms with van der Waals surface area (Å²) in [6.07, 6.45) is 4.95. The Labute approximate surface area is 127 Å². The lowest BCUT2D eigenvalue weighted by Crippen LogP contribution is -2.24. The van der Waals surface area contributed by atoms with E-state index >= 15 is 0 Å². The van der Waals surface area contributed by atoms with E-state index < -0.39 is 0 Å². The Morgan fingerprint density at radius 1 is 1.24 bits per heavy atom. The Kier molecular flexibility index (Phi) is 3.71. The summed E-state index contributed by atoms with van der Waals surface area (Å²) in [6.45, 7) is 2.06. The number of halogens is 1. The highest BCUT2D eigenvalue weighted by Crippen LogP contribution is 2.20. The van der Waals surface area contributed by atoms with E-state index in [0.717, 1.165) is 12.2 Å². The molecule has 0 aliphatic heterocycles. The van der Waals surface area contributed by atoms with E-state index in [1.807, 2.05) is 12.1 Å². The molecule has 21 heavy (non-hydrogen) atoms. The van der Waals surface area contributed by atoms with Crippen LogP contribution in [0.5, 0.6) is 0 Å². The van der Waals surface area contributed by atoms with Crippen molar-refractivity contribution in [1.29, 1.82) is 0 Å². The van der Waals surface area contributed by atoms with Crippen molar-refractivity contribution in [2.75, 3.05) is 0 Å². The van der Waals surface area contributed by atoms with Gasteiger partial charge < -0.3 is 0 Å². The zero-order valence-corrected chi connectivity index (χ0v) is 12.3. The molecule has 0 aliphatic rings. The standard InChI is InChI=1S/C16H14ClN3O/c1-2-5-14-19-13-8-3-7-12(17)15(13)16(21)20(14)11-6-4-9-18-10-11/h3-4,6-10H,2,5H2,1H3. The molecule has 1 aromatic carbocycles. The lowest BCUT2D eigenvalue weighted by molar-refractivity contribution is 0.772. The number of aryl methyl sites for hydroxylation is 1. The highest BCUT2D eigenvalue weighted by atomic mass is 35.5. The van der Waals surface area contributed by atoms with E-state index in [-0.39, 0.29) is 5.56 Å². The Hall–Kier alpha value is -2.20. The van der Waals surface area contributed by atoms with E-state index in [9.17, 15) is 4.79 Å².